The Morgan fingerprint density at radius 1 is 0.909 bits per heavy atom. The van der Waals surface area contributed by atoms with Gasteiger partial charge in [0.05, 0.1) is 6.10 Å². The first-order valence-corrected chi connectivity index (χ1v) is 9.02. The van der Waals surface area contributed by atoms with Crippen molar-refractivity contribution >= 4 is 18.5 Å². The fourth-order valence-corrected chi connectivity index (χ4v) is 5.67. The molecule has 0 radical (unpaired) electrons. The molecule has 0 bridgehead atoms. The van der Waals surface area contributed by atoms with Crippen LogP contribution in [-0.2, 0) is 4.74 Å². The molecule has 0 aromatic heterocycles. The highest BCUT2D eigenvalue weighted by Gasteiger charge is 2.29. The fourth-order valence-electron chi connectivity index (χ4n) is 2.88. The lowest BCUT2D eigenvalue weighted by Crippen LogP contribution is -2.25. The minimum Gasteiger partial charge on any atom is -0.377 e. The number of rotatable bonds is 5. The van der Waals surface area contributed by atoms with Gasteiger partial charge in [0.25, 0.3) is 0 Å². The minimum absolute atomic E-state index is 0.150. The predicted molar refractivity (Wildman–Crippen MR) is 96.6 cm³/mol. The van der Waals surface area contributed by atoms with Crippen molar-refractivity contribution in [2.75, 3.05) is 7.11 Å². The molecule has 2 aromatic rings. The highest BCUT2D eigenvalue weighted by Crippen LogP contribution is 2.46. The van der Waals surface area contributed by atoms with E-state index in [4.69, 9.17) is 4.74 Å². The topological polar surface area (TPSA) is 9.23 Å². The van der Waals surface area contributed by atoms with Gasteiger partial charge in [-0.15, -0.1) is 0 Å². The normalized spacial score (nSPS) is 18.5. The van der Waals surface area contributed by atoms with Gasteiger partial charge in [0.15, 0.2) is 0 Å². The molecule has 1 aliphatic carbocycles. The van der Waals surface area contributed by atoms with Crippen molar-refractivity contribution in [3.8, 4) is 0 Å². The fraction of sp³-hybridized carbons (Fsp3) is 0.200. The third kappa shape index (κ3) is 3.06. The summed E-state index contributed by atoms with van der Waals surface area (Å²) in [4.78, 5) is 0. The molecule has 1 nitrogen and oxygen atoms in total. The molecule has 0 spiro atoms. The van der Waals surface area contributed by atoms with Gasteiger partial charge >= 0.3 is 0 Å². The molecule has 3 rings (SSSR count). The monoisotopic (exact) mass is 308 g/mol. The highest BCUT2D eigenvalue weighted by molar-refractivity contribution is 7.74. The van der Waals surface area contributed by atoms with E-state index in [1.807, 2.05) is 0 Å². The van der Waals surface area contributed by atoms with Crippen molar-refractivity contribution in [3.63, 3.8) is 0 Å². The average molecular weight is 308 g/mol. The van der Waals surface area contributed by atoms with Crippen molar-refractivity contribution in [1.82, 2.24) is 0 Å². The molecule has 2 atom stereocenters. The maximum Gasteiger partial charge on any atom is 0.0765 e. The summed E-state index contributed by atoms with van der Waals surface area (Å²) in [5.41, 5.74) is 1.79. The second-order valence-electron chi connectivity index (χ2n) is 5.42. The first-order valence-electron chi connectivity index (χ1n) is 7.61. The van der Waals surface area contributed by atoms with E-state index < -0.39 is 7.92 Å². The Morgan fingerprint density at radius 3 is 1.95 bits per heavy atom. The van der Waals surface area contributed by atoms with Crippen LogP contribution < -0.4 is 10.6 Å². The molecule has 1 aliphatic rings. The molecular formula is C20H21OP. The zero-order valence-corrected chi connectivity index (χ0v) is 13.9. The third-order valence-electron chi connectivity index (χ3n) is 4.09. The zero-order valence-electron chi connectivity index (χ0n) is 13.0. The number of ether oxygens (including phenoxy) is 1. The number of hydrogen-bond donors (Lipinski definition) is 0. The van der Waals surface area contributed by atoms with Crippen LogP contribution in [0.4, 0.5) is 0 Å². The summed E-state index contributed by atoms with van der Waals surface area (Å²) in [5, 5.41) is 2.82. The predicted octanol–water partition coefficient (Wildman–Crippen LogP) is 4.02. The number of methoxy groups -OCH3 is 1. The van der Waals surface area contributed by atoms with Gasteiger partial charge in [-0.3, -0.25) is 0 Å². The van der Waals surface area contributed by atoms with Gasteiger partial charge in [0.1, 0.15) is 0 Å². The van der Waals surface area contributed by atoms with Crippen LogP contribution in [0, 0.1) is 0 Å². The van der Waals surface area contributed by atoms with Crippen molar-refractivity contribution in [1.29, 1.82) is 0 Å². The molecule has 22 heavy (non-hydrogen) atoms. The van der Waals surface area contributed by atoms with Gasteiger partial charge in [0.2, 0.25) is 0 Å². The molecule has 0 aliphatic heterocycles. The molecule has 2 aromatic carbocycles. The minimum atomic E-state index is -0.465. The molecule has 0 saturated carbocycles. The summed E-state index contributed by atoms with van der Waals surface area (Å²) in [6.45, 7) is 2.13. The van der Waals surface area contributed by atoms with Gasteiger partial charge < -0.3 is 4.74 Å². The lowest BCUT2D eigenvalue weighted by Gasteiger charge is -2.29. The Labute approximate surface area is 134 Å². The van der Waals surface area contributed by atoms with Gasteiger partial charge in [0, 0.05) is 12.8 Å². The second kappa shape index (κ2) is 7.05. The van der Waals surface area contributed by atoms with Crippen molar-refractivity contribution in [2.24, 2.45) is 0 Å². The number of hydrogen-bond acceptors (Lipinski definition) is 1. The van der Waals surface area contributed by atoms with E-state index >= 15 is 0 Å². The standard InChI is InChI=1S/C20H21OP/c1-16(21-2)19-14-9-15-20(19)22(17-10-5-3-6-11-17)18-12-7-4-8-13-18/h3-16,20H,1-2H3. The lowest BCUT2D eigenvalue weighted by atomic mass is 10.1. The lowest BCUT2D eigenvalue weighted by molar-refractivity contribution is 0.146. The Bertz CT molecular complexity index is 621. The largest absolute Gasteiger partial charge is 0.377 e. The molecule has 0 saturated heterocycles. The smallest absolute Gasteiger partial charge is 0.0765 e. The van der Waals surface area contributed by atoms with Crippen LogP contribution in [-0.4, -0.2) is 18.9 Å². The quantitative estimate of drug-likeness (QED) is 0.758. The van der Waals surface area contributed by atoms with E-state index in [1.54, 1.807) is 7.11 Å². The van der Waals surface area contributed by atoms with Crippen LogP contribution in [0.1, 0.15) is 6.92 Å². The first-order chi connectivity index (χ1) is 10.8. The van der Waals surface area contributed by atoms with E-state index in [0.717, 1.165) is 0 Å². The second-order valence-corrected chi connectivity index (χ2v) is 7.74. The summed E-state index contributed by atoms with van der Waals surface area (Å²) in [6.07, 6.45) is 6.88. The van der Waals surface area contributed by atoms with Crippen LogP contribution in [0.3, 0.4) is 0 Å². The Morgan fingerprint density at radius 2 is 1.45 bits per heavy atom. The van der Waals surface area contributed by atoms with E-state index in [-0.39, 0.29) is 6.10 Å². The maximum atomic E-state index is 5.59. The number of allylic oxidation sites excluding steroid dienone is 3. The van der Waals surface area contributed by atoms with Crippen LogP contribution in [0.15, 0.2) is 84.5 Å². The summed E-state index contributed by atoms with van der Waals surface area (Å²) >= 11 is 0. The van der Waals surface area contributed by atoms with Crippen LogP contribution in [0.25, 0.3) is 0 Å². The van der Waals surface area contributed by atoms with Crippen molar-refractivity contribution in [3.05, 3.63) is 84.5 Å². The zero-order chi connectivity index (χ0) is 15.4. The SMILES string of the molecule is COC(C)C1=CC=CC1P(c1ccccc1)c1ccccc1. The van der Waals surface area contributed by atoms with Crippen LogP contribution in [0.2, 0.25) is 0 Å². The molecule has 2 unspecified atom stereocenters. The van der Waals surface area contributed by atoms with Gasteiger partial charge in [-0.1, -0.05) is 78.9 Å². The molecular weight excluding hydrogens is 287 g/mol. The Kier molecular flexibility index (Phi) is 4.87. The third-order valence-corrected chi connectivity index (χ3v) is 6.83. The molecule has 0 heterocycles. The summed E-state index contributed by atoms with van der Waals surface area (Å²) < 4.78 is 5.59. The van der Waals surface area contributed by atoms with Crippen molar-refractivity contribution in [2.45, 2.75) is 18.7 Å². The van der Waals surface area contributed by atoms with E-state index in [1.165, 1.54) is 16.2 Å². The summed E-state index contributed by atoms with van der Waals surface area (Å²) in [6, 6.07) is 21.7. The molecule has 112 valence electrons. The van der Waals surface area contributed by atoms with E-state index in [9.17, 15) is 0 Å². The average Bonchev–Trinajstić information content (AvgIpc) is 3.06. The summed E-state index contributed by atoms with van der Waals surface area (Å²) in [5.74, 6) is 0. The van der Waals surface area contributed by atoms with Crippen LogP contribution in [0.5, 0.6) is 0 Å². The molecule has 0 N–H and O–H groups in total. The Hall–Kier alpha value is -1.69. The van der Waals surface area contributed by atoms with Gasteiger partial charge in [-0.25, -0.2) is 0 Å². The van der Waals surface area contributed by atoms with E-state index in [2.05, 4.69) is 85.8 Å². The number of benzene rings is 2. The highest BCUT2D eigenvalue weighted by atomic mass is 31.1. The first kappa shape index (κ1) is 15.2. The van der Waals surface area contributed by atoms with E-state index in [0.29, 0.717) is 5.66 Å². The molecule has 2 heteroatoms. The summed E-state index contributed by atoms with van der Waals surface area (Å²) in [7, 11) is 1.32. The Balaban J connectivity index is 2.03. The van der Waals surface area contributed by atoms with Gasteiger partial charge in [-0.2, -0.15) is 0 Å². The van der Waals surface area contributed by atoms with Crippen LogP contribution >= 0.6 is 7.92 Å². The van der Waals surface area contributed by atoms with Gasteiger partial charge in [-0.05, 0) is 31.0 Å². The maximum absolute atomic E-state index is 5.59. The molecule has 0 amide bonds. The van der Waals surface area contributed by atoms with Crippen molar-refractivity contribution < 1.29 is 4.74 Å². The molecule has 0 fully saturated rings.